The Balaban J connectivity index is 1.66. The molecule has 1 aliphatic heterocycles. The maximum absolute atomic E-state index is 11.6. The van der Waals surface area contributed by atoms with Gasteiger partial charge in [0, 0.05) is 29.6 Å². The molecule has 4 rings (SSSR count). The second-order valence-electron chi connectivity index (χ2n) is 8.01. The van der Waals surface area contributed by atoms with Gasteiger partial charge in [0.2, 0.25) is 0 Å². The van der Waals surface area contributed by atoms with Gasteiger partial charge in [0.15, 0.2) is 14.9 Å². The first-order valence-electron chi connectivity index (χ1n) is 10.8. The number of thioether (sulfide) groups is 1. The number of fused-ring (bicyclic) bond motifs is 1. The summed E-state index contributed by atoms with van der Waals surface area (Å²) < 4.78 is 35.4. The number of sulfone groups is 1. The van der Waals surface area contributed by atoms with Crippen LogP contribution in [0.25, 0.3) is 10.9 Å². The van der Waals surface area contributed by atoms with E-state index >= 15 is 0 Å². The molecule has 0 saturated heterocycles. The number of H-pyrrole nitrogens is 1. The summed E-state index contributed by atoms with van der Waals surface area (Å²) in [5.41, 5.74) is 1.76. The molecule has 0 saturated carbocycles. The molecule has 0 radical (unpaired) electrons. The predicted octanol–water partition coefficient (Wildman–Crippen LogP) is 4.18. The Kier molecular flexibility index (Phi) is 6.96. The fourth-order valence-corrected chi connectivity index (χ4v) is 5.03. The first-order chi connectivity index (χ1) is 15.8. The normalized spacial score (nSPS) is 17.2. The number of hydrogen-bond donors (Lipinski definition) is 2. The van der Waals surface area contributed by atoms with Crippen LogP contribution in [0.5, 0.6) is 17.2 Å². The maximum atomic E-state index is 11.6. The SMILES string of the molecule is CCC(C)Oc1cc(Oc2ccc(S(C)(=O)=O)nc2)cc2cc(C3=NCC(CCO)S3)[nH]c12. The van der Waals surface area contributed by atoms with Crippen molar-refractivity contribution in [1.29, 1.82) is 0 Å². The topological polar surface area (TPSA) is 114 Å². The summed E-state index contributed by atoms with van der Waals surface area (Å²) >= 11 is 1.67. The van der Waals surface area contributed by atoms with Crippen molar-refractivity contribution in [2.24, 2.45) is 4.99 Å². The Morgan fingerprint density at radius 3 is 2.76 bits per heavy atom. The number of aliphatic hydroxyl groups excluding tert-OH is 1. The monoisotopic (exact) mass is 489 g/mol. The van der Waals surface area contributed by atoms with Crippen molar-refractivity contribution in [2.75, 3.05) is 19.4 Å². The minimum Gasteiger partial charge on any atom is -0.488 e. The van der Waals surface area contributed by atoms with E-state index in [1.54, 1.807) is 17.8 Å². The van der Waals surface area contributed by atoms with E-state index in [1.165, 1.54) is 12.3 Å². The molecule has 2 aromatic heterocycles. The fraction of sp³-hybridized carbons (Fsp3) is 0.391. The molecule has 0 spiro atoms. The maximum Gasteiger partial charge on any atom is 0.192 e. The molecule has 1 aromatic carbocycles. The average molecular weight is 490 g/mol. The number of aromatic nitrogens is 2. The van der Waals surface area contributed by atoms with E-state index in [1.807, 2.05) is 25.1 Å². The van der Waals surface area contributed by atoms with Crippen molar-refractivity contribution in [1.82, 2.24) is 9.97 Å². The zero-order valence-electron chi connectivity index (χ0n) is 18.7. The molecule has 0 amide bonds. The first-order valence-corrected chi connectivity index (χ1v) is 13.5. The van der Waals surface area contributed by atoms with Crippen LogP contribution in [0.15, 0.2) is 46.5 Å². The minimum atomic E-state index is -3.38. The number of pyridine rings is 1. The zero-order chi connectivity index (χ0) is 23.6. The molecule has 1 aliphatic rings. The van der Waals surface area contributed by atoms with E-state index in [9.17, 15) is 13.5 Å². The summed E-state index contributed by atoms with van der Waals surface area (Å²) in [6.45, 7) is 4.91. The number of aromatic amines is 1. The molecule has 0 bridgehead atoms. The number of aliphatic imine (C=N–C) groups is 1. The van der Waals surface area contributed by atoms with E-state index in [2.05, 4.69) is 21.9 Å². The lowest BCUT2D eigenvalue weighted by Gasteiger charge is -2.15. The Labute approximate surface area is 197 Å². The zero-order valence-corrected chi connectivity index (χ0v) is 20.4. The third-order valence-corrected chi connectivity index (χ3v) is 7.58. The summed E-state index contributed by atoms with van der Waals surface area (Å²) in [7, 11) is -3.38. The molecule has 2 N–H and O–H groups in total. The second kappa shape index (κ2) is 9.74. The van der Waals surface area contributed by atoms with Crippen LogP contribution in [0.3, 0.4) is 0 Å². The van der Waals surface area contributed by atoms with Crippen molar-refractivity contribution in [2.45, 2.75) is 43.1 Å². The van der Waals surface area contributed by atoms with Crippen LogP contribution in [0.4, 0.5) is 0 Å². The minimum absolute atomic E-state index is 0.00397. The summed E-state index contributed by atoms with van der Waals surface area (Å²) in [5, 5.41) is 11.3. The molecule has 0 aliphatic carbocycles. The molecule has 176 valence electrons. The molecule has 3 aromatic rings. The second-order valence-corrected chi connectivity index (χ2v) is 11.3. The molecule has 2 unspecified atom stereocenters. The van der Waals surface area contributed by atoms with E-state index in [-0.39, 0.29) is 23.0 Å². The molecule has 33 heavy (non-hydrogen) atoms. The van der Waals surface area contributed by atoms with Gasteiger partial charge in [-0.15, -0.1) is 0 Å². The van der Waals surface area contributed by atoms with Crippen LogP contribution >= 0.6 is 11.8 Å². The van der Waals surface area contributed by atoms with Crippen LogP contribution in [0, 0.1) is 0 Å². The Bertz CT molecular complexity index is 1270. The summed E-state index contributed by atoms with van der Waals surface area (Å²) in [6.07, 6.45) is 4.08. The van der Waals surface area contributed by atoms with Gasteiger partial charge in [0.25, 0.3) is 0 Å². The first kappa shape index (κ1) is 23.6. The lowest BCUT2D eigenvalue weighted by Crippen LogP contribution is -2.10. The van der Waals surface area contributed by atoms with E-state index in [4.69, 9.17) is 9.47 Å². The lowest BCUT2D eigenvalue weighted by molar-refractivity contribution is 0.219. The number of rotatable bonds is 9. The summed E-state index contributed by atoms with van der Waals surface area (Å²) in [5.74, 6) is 1.65. The molecular weight excluding hydrogens is 462 g/mol. The highest BCUT2D eigenvalue weighted by molar-refractivity contribution is 8.15. The number of nitrogens with zero attached hydrogens (tertiary/aromatic N) is 2. The largest absolute Gasteiger partial charge is 0.488 e. The van der Waals surface area contributed by atoms with Crippen molar-refractivity contribution in [3.63, 3.8) is 0 Å². The van der Waals surface area contributed by atoms with Crippen LogP contribution in [0.2, 0.25) is 0 Å². The van der Waals surface area contributed by atoms with E-state index < -0.39 is 9.84 Å². The van der Waals surface area contributed by atoms with Crippen molar-refractivity contribution < 1.29 is 23.0 Å². The van der Waals surface area contributed by atoms with Gasteiger partial charge in [-0.05, 0) is 44.0 Å². The van der Waals surface area contributed by atoms with Crippen LogP contribution < -0.4 is 9.47 Å². The number of hydrogen-bond acceptors (Lipinski definition) is 8. The van der Waals surface area contributed by atoms with Gasteiger partial charge in [-0.2, -0.15) is 0 Å². The summed E-state index contributed by atoms with van der Waals surface area (Å²) in [4.78, 5) is 12.1. The average Bonchev–Trinajstić information content (AvgIpc) is 3.41. The van der Waals surface area contributed by atoms with E-state index in [0.717, 1.165) is 34.3 Å². The Hall–Kier alpha value is -2.56. The van der Waals surface area contributed by atoms with Gasteiger partial charge in [0.1, 0.15) is 22.3 Å². The standard InChI is InChI=1S/C23H27N3O5S2/c1-4-14(2)30-20-11-17(31-16-5-6-21(24-12-16)33(3,28)29)9-15-10-19(26-22(15)20)23-25-13-18(32-23)7-8-27/h5-6,9-12,14,18,26-27H,4,7-8,13H2,1-3H3. The van der Waals surface area contributed by atoms with Gasteiger partial charge in [-0.1, -0.05) is 18.7 Å². The number of nitrogens with one attached hydrogen (secondary N) is 1. The predicted molar refractivity (Wildman–Crippen MR) is 131 cm³/mol. The number of aliphatic hydroxyl groups is 1. The third kappa shape index (κ3) is 5.51. The molecule has 0 fully saturated rings. The lowest BCUT2D eigenvalue weighted by atomic mass is 10.2. The van der Waals surface area contributed by atoms with Crippen LogP contribution in [-0.4, -0.2) is 59.3 Å². The number of ether oxygens (including phenoxy) is 2. The Morgan fingerprint density at radius 1 is 1.27 bits per heavy atom. The van der Waals surface area contributed by atoms with Crippen molar-refractivity contribution >= 4 is 37.5 Å². The van der Waals surface area contributed by atoms with E-state index in [0.29, 0.717) is 30.2 Å². The van der Waals surface area contributed by atoms with Gasteiger partial charge < -0.3 is 19.6 Å². The van der Waals surface area contributed by atoms with Crippen LogP contribution in [0.1, 0.15) is 32.4 Å². The molecule has 3 heterocycles. The smallest absolute Gasteiger partial charge is 0.192 e. The van der Waals surface area contributed by atoms with Crippen molar-refractivity contribution in [3.05, 3.63) is 42.2 Å². The fourth-order valence-electron chi connectivity index (χ4n) is 3.39. The highest BCUT2D eigenvalue weighted by Crippen LogP contribution is 2.36. The van der Waals surface area contributed by atoms with Crippen LogP contribution in [-0.2, 0) is 9.84 Å². The van der Waals surface area contributed by atoms with Gasteiger partial charge in [-0.25, -0.2) is 13.4 Å². The third-order valence-electron chi connectivity index (χ3n) is 5.29. The molecule has 8 nitrogen and oxygen atoms in total. The molecule has 10 heteroatoms. The molecule has 2 atom stereocenters. The van der Waals surface area contributed by atoms with Gasteiger partial charge >= 0.3 is 0 Å². The highest BCUT2D eigenvalue weighted by atomic mass is 32.2. The highest BCUT2D eigenvalue weighted by Gasteiger charge is 2.23. The summed E-state index contributed by atoms with van der Waals surface area (Å²) in [6, 6.07) is 8.73. The quantitative estimate of drug-likeness (QED) is 0.463. The number of benzene rings is 1. The van der Waals surface area contributed by atoms with Gasteiger partial charge in [-0.3, -0.25) is 4.99 Å². The molecular formula is C23H27N3O5S2. The van der Waals surface area contributed by atoms with Gasteiger partial charge in [0.05, 0.1) is 30.1 Å². The Morgan fingerprint density at radius 2 is 2.09 bits per heavy atom. The van der Waals surface area contributed by atoms with Crippen molar-refractivity contribution in [3.8, 4) is 17.2 Å².